The van der Waals surface area contributed by atoms with Gasteiger partial charge in [-0.15, -0.1) is 0 Å². The summed E-state index contributed by atoms with van der Waals surface area (Å²) in [4.78, 5) is 20.9. The lowest BCUT2D eigenvalue weighted by molar-refractivity contribution is 0.0651. The molecule has 0 fully saturated rings. The first kappa shape index (κ1) is 15.1. The van der Waals surface area contributed by atoms with Crippen molar-refractivity contribution < 1.29 is 24.9 Å². The Morgan fingerprint density at radius 3 is 1.65 bits per heavy atom. The second kappa shape index (κ2) is 8.29. The molecule has 0 unspecified atom stereocenters. The van der Waals surface area contributed by atoms with Gasteiger partial charge in [-0.05, 0) is 18.6 Å². The number of aliphatic hydroxyl groups excluding tert-OH is 1. The van der Waals surface area contributed by atoms with Crippen LogP contribution < -0.4 is 0 Å². The van der Waals surface area contributed by atoms with Crippen LogP contribution in [0.25, 0.3) is 0 Å². The lowest BCUT2D eigenvalue weighted by Gasteiger charge is -1.98. The van der Waals surface area contributed by atoms with Crippen LogP contribution in [0.5, 0.6) is 0 Å². The molecule has 0 aliphatic heterocycles. The summed E-state index contributed by atoms with van der Waals surface area (Å²) in [5.74, 6) is -2.46. The van der Waals surface area contributed by atoms with Gasteiger partial charge in [-0.25, -0.2) is 9.59 Å². The van der Waals surface area contributed by atoms with E-state index in [1.165, 1.54) is 24.3 Å². The first-order valence-electron chi connectivity index (χ1n) is 5.21. The molecule has 0 atom stereocenters. The molecular weight excluding hydrogens is 224 g/mol. The van der Waals surface area contributed by atoms with E-state index in [1.54, 1.807) is 0 Å². The van der Waals surface area contributed by atoms with E-state index < -0.39 is 11.9 Å². The minimum atomic E-state index is -1.23. The summed E-state index contributed by atoms with van der Waals surface area (Å²) in [6.45, 7) is 2.40. The number of hydrogen-bond acceptors (Lipinski definition) is 3. The predicted molar refractivity (Wildman–Crippen MR) is 62.4 cm³/mol. The zero-order valence-corrected chi connectivity index (χ0v) is 9.59. The van der Waals surface area contributed by atoms with E-state index in [9.17, 15) is 9.59 Å². The molecule has 0 radical (unpaired) electrons. The fourth-order valence-corrected chi connectivity index (χ4v) is 1.01. The third kappa shape index (κ3) is 5.67. The maximum Gasteiger partial charge on any atom is 0.336 e. The molecule has 1 aromatic carbocycles. The van der Waals surface area contributed by atoms with E-state index in [-0.39, 0.29) is 11.1 Å². The van der Waals surface area contributed by atoms with Crippen LogP contribution in [-0.4, -0.2) is 33.9 Å². The molecule has 1 aromatic rings. The Morgan fingerprint density at radius 2 is 1.47 bits per heavy atom. The Hall–Kier alpha value is -1.88. The van der Waals surface area contributed by atoms with Crippen LogP contribution in [0.4, 0.5) is 0 Å². The number of carboxylic acids is 2. The van der Waals surface area contributed by atoms with Crippen molar-refractivity contribution in [3.05, 3.63) is 35.4 Å². The van der Waals surface area contributed by atoms with Crippen molar-refractivity contribution in [3.63, 3.8) is 0 Å². The van der Waals surface area contributed by atoms with Gasteiger partial charge in [0.25, 0.3) is 0 Å². The lowest BCUT2D eigenvalue weighted by atomic mass is 10.1. The molecule has 94 valence electrons. The predicted octanol–water partition coefficient (Wildman–Crippen LogP) is 1.86. The van der Waals surface area contributed by atoms with E-state index in [1.807, 2.05) is 0 Å². The van der Waals surface area contributed by atoms with Crippen molar-refractivity contribution in [1.82, 2.24) is 0 Å². The SMILES string of the molecule is CCCCO.O=C(O)c1ccccc1C(=O)O. The molecule has 0 aromatic heterocycles. The van der Waals surface area contributed by atoms with Gasteiger partial charge in [0, 0.05) is 6.61 Å². The standard InChI is InChI=1S/C8H6O4.C4H10O/c9-7(10)5-3-1-2-4-6(5)8(11)12;1-2-3-4-5/h1-4H,(H,9,10)(H,11,12);5H,2-4H2,1H3. The summed E-state index contributed by atoms with van der Waals surface area (Å²) in [7, 11) is 0. The number of unbranched alkanes of at least 4 members (excludes halogenated alkanes) is 1. The van der Waals surface area contributed by atoms with Crippen molar-refractivity contribution in [2.75, 3.05) is 6.61 Å². The van der Waals surface area contributed by atoms with Crippen LogP contribution in [0.1, 0.15) is 40.5 Å². The third-order valence-electron chi connectivity index (χ3n) is 1.90. The largest absolute Gasteiger partial charge is 0.478 e. The number of aromatic carboxylic acids is 2. The maximum absolute atomic E-state index is 10.5. The molecule has 0 spiro atoms. The second-order valence-corrected chi connectivity index (χ2v) is 3.23. The van der Waals surface area contributed by atoms with Crippen molar-refractivity contribution in [2.45, 2.75) is 19.8 Å². The van der Waals surface area contributed by atoms with Crippen LogP contribution >= 0.6 is 0 Å². The zero-order chi connectivity index (χ0) is 13.3. The van der Waals surface area contributed by atoms with Crippen molar-refractivity contribution in [1.29, 1.82) is 0 Å². The van der Waals surface area contributed by atoms with E-state index in [0.29, 0.717) is 6.61 Å². The van der Waals surface area contributed by atoms with Gasteiger partial charge in [0.2, 0.25) is 0 Å². The van der Waals surface area contributed by atoms with Gasteiger partial charge in [0.1, 0.15) is 0 Å². The highest BCUT2D eigenvalue weighted by Gasteiger charge is 2.13. The molecular formula is C12H16O5. The molecule has 0 saturated heterocycles. The van der Waals surface area contributed by atoms with Gasteiger partial charge < -0.3 is 15.3 Å². The number of hydrogen-bond donors (Lipinski definition) is 3. The normalized spacial score (nSPS) is 9.06. The summed E-state index contributed by atoms with van der Waals surface area (Å²) < 4.78 is 0. The molecule has 0 saturated carbocycles. The van der Waals surface area contributed by atoms with Crippen molar-refractivity contribution in [3.8, 4) is 0 Å². The highest BCUT2D eigenvalue weighted by atomic mass is 16.4. The summed E-state index contributed by atoms with van der Waals surface area (Å²) in [5.41, 5.74) is -0.380. The molecule has 0 heterocycles. The third-order valence-corrected chi connectivity index (χ3v) is 1.90. The highest BCUT2D eigenvalue weighted by Crippen LogP contribution is 2.07. The quantitative estimate of drug-likeness (QED) is 0.746. The topological polar surface area (TPSA) is 94.8 Å². The van der Waals surface area contributed by atoms with Crippen LogP contribution in [0.3, 0.4) is 0 Å². The highest BCUT2D eigenvalue weighted by molar-refractivity contribution is 6.01. The maximum atomic E-state index is 10.5. The minimum Gasteiger partial charge on any atom is -0.478 e. The average molecular weight is 240 g/mol. The van der Waals surface area contributed by atoms with E-state index in [0.717, 1.165) is 12.8 Å². The molecule has 3 N–H and O–H groups in total. The van der Waals surface area contributed by atoms with E-state index >= 15 is 0 Å². The number of carboxylic acid groups (broad SMARTS) is 2. The first-order chi connectivity index (χ1) is 8.04. The zero-order valence-electron chi connectivity index (χ0n) is 9.59. The molecule has 0 aliphatic carbocycles. The summed E-state index contributed by atoms with van der Waals surface area (Å²) in [5, 5.41) is 25.2. The average Bonchev–Trinajstić information content (AvgIpc) is 2.30. The molecule has 5 nitrogen and oxygen atoms in total. The van der Waals surface area contributed by atoms with Crippen LogP contribution in [0.15, 0.2) is 24.3 Å². The summed E-state index contributed by atoms with van der Waals surface area (Å²) >= 11 is 0. The fraction of sp³-hybridized carbons (Fsp3) is 0.333. The van der Waals surface area contributed by atoms with Crippen molar-refractivity contribution in [2.24, 2.45) is 0 Å². The van der Waals surface area contributed by atoms with Gasteiger partial charge in [-0.2, -0.15) is 0 Å². The second-order valence-electron chi connectivity index (χ2n) is 3.23. The van der Waals surface area contributed by atoms with Crippen LogP contribution in [0, 0.1) is 0 Å². The number of carbonyl (C=O) groups is 2. The first-order valence-corrected chi connectivity index (χ1v) is 5.21. The Balaban J connectivity index is 0.000000437. The summed E-state index contributed by atoms with van der Waals surface area (Å²) in [6.07, 6.45) is 2.04. The number of aliphatic hydroxyl groups is 1. The van der Waals surface area contributed by atoms with Gasteiger partial charge in [-0.1, -0.05) is 25.5 Å². The Morgan fingerprint density at radius 1 is 1.06 bits per heavy atom. The smallest absolute Gasteiger partial charge is 0.336 e. The number of benzene rings is 1. The monoisotopic (exact) mass is 240 g/mol. The van der Waals surface area contributed by atoms with E-state index in [2.05, 4.69) is 6.92 Å². The minimum absolute atomic E-state index is 0.190. The van der Waals surface area contributed by atoms with Crippen LogP contribution in [-0.2, 0) is 0 Å². The van der Waals surface area contributed by atoms with Gasteiger partial charge >= 0.3 is 11.9 Å². The van der Waals surface area contributed by atoms with E-state index in [4.69, 9.17) is 15.3 Å². The molecule has 17 heavy (non-hydrogen) atoms. The Labute approximate surface area is 99.3 Å². The molecule has 0 amide bonds. The van der Waals surface area contributed by atoms with Gasteiger partial charge in [0.05, 0.1) is 11.1 Å². The lowest BCUT2D eigenvalue weighted by Crippen LogP contribution is -2.06. The van der Waals surface area contributed by atoms with Gasteiger partial charge in [-0.3, -0.25) is 0 Å². The number of rotatable bonds is 4. The van der Waals surface area contributed by atoms with Crippen LogP contribution in [0.2, 0.25) is 0 Å². The Bertz CT molecular complexity index is 338. The van der Waals surface area contributed by atoms with Crippen molar-refractivity contribution >= 4 is 11.9 Å². The fourth-order valence-electron chi connectivity index (χ4n) is 1.01. The molecule has 0 aliphatic rings. The molecule has 1 rings (SSSR count). The summed E-state index contributed by atoms with van der Waals surface area (Å²) in [6, 6.07) is 5.48. The van der Waals surface area contributed by atoms with Gasteiger partial charge in [0.15, 0.2) is 0 Å². The molecule has 5 heteroatoms. The Kier molecular flexibility index (Phi) is 7.38. The molecule has 0 bridgehead atoms.